The van der Waals surface area contributed by atoms with Crippen molar-refractivity contribution >= 4 is 5.91 Å². The van der Waals surface area contributed by atoms with Crippen molar-refractivity contribution in [1.82, 2.24) is 10.6 Å². The molecule has 2 fully saturated rings. The fraction of sp³-hybridized carbons (Fsp3) is 0.750. The summed E-state index contributed by atoms with van der Waals surface area (Å²) in [7, 11) is 0. The van der Waals surface area contributed by atoms with Crippen molar-refractivity contribution in [2.24, 2.45) is 5.92 Å². The fourth-order valence-corrected chi connectivity index (χ4v) is 1.92. The summed E-state index contributed by atoms with van der Waals surface area (Å²) in [5, 5.41) is 6.23. The minimum absolute atomic E-state index is 0.125. The van der Waals surface area contributed by atoms with Gasteiger partial charge in [-0.25, -0.2) is 0 Å². The monoisotopic (exact) mass is 208 g/mol. The van der Waals surface area contributed by atoms with Crippen molar-refractivity contribution in [2.45, 2.75) is 39.2 Å². The zero-order valence-corrected chi connectivity index (χ0v) is 9.60. The van der Waals surface area contributed by atoms with E-state index in [-0.39, 0.29) is 5.91 Å². The number of amides is 1. The molecule has 0 aromatic rings. The van der Waals surface area contributed by atoms with Crippen LogP contribution in [0.25, 0.3) is 0 Å². The fourth-order valence-electron chi connectivity index (χ4n) is 1.92. The van der Waals surface area contributed by atoms with Crippen molar-refractivity contribution < 1.29 is 4.79 Å². The Morgan fingerprint density at radius 3 is 2.67 bits per heavy atom. The highest BCUT2D eigenvalue weighted by atomic mass is 16.1. The van der Waals surface area contributed by atoms with Crippen LogP contribution in [0.4, 0.5) is 0 Å². The second-order valence-corrected chi connectivity index (χ2v) is 4.89. The highest BCUT2D eigenvalue weighted by Crippen LogP contribution is 2.33. The molecule has 1 atom stereocenters. The van der Waals surface area contributed by atoms with Gasteiger partial charge in [0.15, 0.2) is 0 Å². The van der Waals surface area contributed by atoms with Gasteiger partial charge in [-0.3, -0.25) is 4.79 Å². The van der Waals surface area contributed by atoms with Crippen LogP contribution in [0.2, 0.25) is 0 Å². The molecule has 1 unspecified atom stereocenters. The van der Waals surface area contributed by atoms with E-state index < -0.39 is 0 Å². The molecule has 0 aromatic carbocycles. The third-order valence-electron chi connectivity index (χ3n) is 3.31. The quantitative estimate of drug-likeness (QED) is 0.682. The molecule has 0 radical (unpaired) electrons. The summed E-state index contributed by atoms with van der Waals surface area (Å²) in [6.45, 7) is 5.80. The molecule has 2 aliphatic rings. The molecule has 0 bridgehead atoms. The highest BCUT2D eigenvalue weighted by molar-refractivity contribution is 5.94. The molecule has 0 spiro atoms. The van der Waals surface area contributed by atoms with Gasteiger partial charge in [0.2, 0.25) is 5.91 Å². The topological polar surface area (TPSA) is 41.1 Å². The van der Waals surface area contributed by atoms with Crippen LogP contribution in [-0.2, 0) is 4.79 Å². The van der Waals surface area contributed by atoms with E-state index in [1.165, 1.54) is 18.4 Å². The molecule has 1 heterocycles. The van der Waals surface area contributed by atoms with Gasteiger partial charge in [-0.1, -0.05) is 12.8 Å². The van der Waals surface area contributed by atoms with Gasteiger partial charge >= 0.3 is 0 Å². The largest absolute Gasteiger partial charge is 0.350 e. The molecule has 1 saturated heterocycles. The summed E-state index contributed by atoms with van der Waals surface area (Å²) in [5.41, 5.74) is 2.17. The number of carbonyl (C=O) groups is 1. The molecule has 1 aliphatic heterocycles. The average molecular weight is 208 g/mol. The lowest BCUT2D eigenvalue weighted by molar-refractivity contribution is -0.118. The predicted octanol–water partition coefficient (Wildman–Crippen LogP) is 1.21. The molecule has 15 heavy (non-hydrogen) atoms. The number of nitrogens with one attached hydrogen (secondary N) is 2. The minimum atomic E-state index is 0.125. The van der Waals surface area contributed by atoms with E-state index in [9.17, 15) is 4.79 Å². The van der Waals surface area contributed by atoms with Gasteiger partial charge in [0.25, 0.3) is 0 Å². The number of carbonyl (C=O) groups excluding carboxylic acids is 1. The van der Waals surface area contributed by atoms with E-state index >= 15 is 0 Å². The Morgan fingerprint density at radius 2 is 2.20 bits per heavy atom. The van der Waals surface area contributed by atoms with Crippen LogP contribution in [0, 0.1) is 5.92 Å². The van der Waals surface area contributed by atoms with E-state index in [1.54, 1.807) is 0 Å². The second kappa shape index (κ2) is 4.35. The van der Waals surface area contributed by atoms with Crippen LogP contribution in [0.5, 0.6) is 0 Å². The van der Waals surface area contributed by atoms with Gasteiger partial charge in [-0.15, -0.1) is 0 Å². The minimum Gasteiger partial charge on any atom is -0.350 e. The smallest absolute Gasteiger partial charge is 0.247 e. The number of rotatable bonds is 4. The normalized spacial score (nSPS) is 21.9. The Morgan fingerprint density at radius 1 is 1.53 bits per heavy atom. The first-order chi connectivity index (χ1) is 7.16. The summed E-state index contributed by atoms with van der Waals surface area (Å²) >= 11 is 0. The molecule has 1 amide bonds. The first-order valence-electron chi connectivity index (χ1n) is 5.87. The van der Waals surface area contributed by atoms with Crippen LogP contribution < -0.4 is 10.6 Å². The van der Waals surface area contributed by atoms with Gasteiger partial charge in [-0.05, 0) is 31.8 Å². The predicted molar refractivity (Wildman–Crippen MR) is 60.5 cm³/mol. The molecule has 3 heteroatoms. The van der Waals surface area contributed by atoms with E-state index in [1.807, 2.05) is 6.92 Å². The molecule has 0 aromatic heterocycles. The lowest BCUT2D eigenvalue weighted by atomic mass is 10.0. The van der Waals surface area contributed by atoms with Crippen LogP contribution in [0.1, 0.15) is 33.1 Å². The van der Waals surface area contributed by atoms with Crippen molar-refractivity contribution in [2.75, 3.05) is 13.1 Å². The van der Waals surface area contributed by atoms with Crippen LogP contribution in [0.3, 0.4) is 0 Å². The average Bonchev–Trinajstić information content (AvgIpc) is 2.84. The van der Waals surface area contributed by atoms with Crippen LogP contribution in [-0.4, -0.2) is 25.0 Å². The van der Waals surface area contributed by atoms with E-state index in [0.29, 0.717) is 6.04 Å². The lowest BCUT2D eigenvalue weighted by Gasteiger charge is -2.22. The van der Waals surface area contributed by atoms with Gasteiger partial charge in [0.05, 0.1) is 0 Å². The van der Waals surface area contributed by atoms with E-state index in [4.69, 9.17) is 0 Å². The Balaban J connectivity index is 1.79. The Bertz CT molecular complexity index is 286. The van der Waals surface area contributed by atoms with E-state index in [0.717, 1.165) is 31.0 Å². The van der Waals surface area contributed by atoms with Crippen molar-refractivity contribution in [3.05, 3.63) is 11.1 Å². The molecular weight excluding hydrogens is 188 g/mol. The Kier molecular flexibility index (Phi) is 3.10. The molecule has 1 saturated carbocycles. The SMILES string of the molecule is CC(C(=O)NC(C)CC1CC1)=C1CNC1. The maximum Gasteiger partial charge on any atom is 0.247 e. The van der Waals surface area contributed by atoms with Gasteiger partial charge in [0, 0.05) is 24.7 Å². The van der Waals surface area contributed by atoms with Gasteiger partial charge in [0.1, 0.15) is 0 Å². The number of hydrogen-bond acceptors (Lipinski definition) is 2. The molecule has 1 aliphatic carbocycles. The zero-order valence-electron chi connectivity index (χ0n) is 9.60. The maximum absolute atomic E-state index is 11.8. The molecular formula is C12H20N2O. The summed E-state index contributed by atoms with van der Waals surface area (Å²) in [6.07, 6.45) is 3.85. The van der Waals surface area contributed by atoms with E-state index in [2.05, 4.69) is 17.6 Å². The molecule has 2 N–H and O–H groups in total. The third kappa shape index (κ3) is 2.81. The zero-order chi connectivity index (χ0) is 10.8. The molecule has 2 rings (SSSR count). The third-order valence-corrected chi connectivity index (χ3v) is 3.31. The summed E-state index contributed by atoms with van der Waals surface area (Å²) < 4.78 is 0. The van der Waals surface area contributed by atoms with Gasteiger partial charge < -0.3 is 10.6 Å². The van der Waals surface area contributed by atoms with Crippen LogP contribution in [0.15, 0.2) is 11.1 Å². The van der Waals surface area contributed by atoms with Crippen LogP contribution >= 0.6 is 0 Å². The van der Waals surface area contributed by atoms with Gasteiger partial charge in [-0.2, -0.15) is 0 Å². The number of hydrogen-bond donors (Lipinski definition) is 2. The maximum atomic E-state index is 11.8. The van der Waals surface area contributed by atoms with Crippen molar-refractivity contribution in [3.8, 4) is 0 Å². The Hall–Kier alpha value is -0.830. The first-order valence-corrected chi connectivity index (χ1v) is 5.87. The highest BCUT2D eigenvalue weighted by Gasteiger charge is 2.25. The van der Waals surface area contributed by atoms with Crippen molar-refractivity contribution in [3.63, 3.8) is 0 Å². The Labute approximate surface area is 91.3 Å². The standard InChI is InChI=1S/C12H20N2O/c1-8(5-10-3-4-10)14-12(15)9(2)11-6-13-7-11/h8,10,13H,3-7H2,1-2H3,(H,14,15). The summed E-state index contributed by atoms with van der Waals surface area (Å²) in [4.78, 5) is 11.8. The second-order valence-electron chi connectivity index (χ2n) is 4.89. The lowest BCUT2D eigenvalue weighted by Crippen LogP contribution is -2.39. The summed E-state index contributed by atoms with van der Waals surface area (Å²) in [5.74, 6) is 0.998. The first kappa shape index (κ1) is 10.7. The summed E-state index contributed by atoms with van der Waals surface area (Å²) in [6, 6.07) is 0.327. The molecule has 84 valence electrons. The molecule has 3 nitrogen and oxygen atoms in total. The van der Waals surface area contributed by atoms with Crippen molar-refractivity contribution in [1.29, 1.82) is 0 Å².